The predicted octanol–water partition coefficient (Wildman–Crippen LogP) is 4.01. The topological polar surface area (TPSA) is 12.9 Å². The first-order valence-corrected chi connectivity index (χ1v) is 4.98. The highest BCUT2D eigenvalue weighted by Gasteiger charge is 2.45. The summed E-state index contributed by atoms with van der Waals surface area (Å²) in [5.41, 5.74) is -4.13. The molecule has 0 aliphatic heterocycles. The Kier molecular flexibility index (Phi) is 3.51. The van der Waals surface area contributed by atoms with Crippen LogP contribution >= 0.6 is 15.9 Å². The second kappa shape index (κ2) is 4.23. The average Bonchev–Trinajstić information content (AvgIpc) is 2.13. The molecule has 0 N–H and O–H groups in total. The Hall–Kier alpha value is -0.790. The summed E-state index contributed by atoms with van der Waals surface area (Å²) in [6.45, 7) is 0. The zero-order valence-corrected chi connectivity index (χ0v) is 9.04. The van der Waals surface area contributed by atoms with E-state index in [9.17, 15) is 26.3 Å². The van der Waals surface area contributed by atoms with Crippen LogP contribution in [0.25, 0.3) is 0 Å². The van der Waals surface area contributed by atoms with Crippen LogP contribution in [-0.4, -0.2) is 4.98 Å². The quantitative estimate of drug-likeness (QED) is 0.564. The van der Waals surface area contributed by atoms with Gasteiger partial charge in [0.15, 0.2) is 5.69 Å². The number of aromatic nitrogens is 1. The van der Waals surface area contributed by atoms with Gasteiger partial charge in [-0.15, -0.1) is 0 Å². The highest BCUT2D eigenvalue weighted by molar-refractivity contribution is 9.08. The maximum absolute atomic E-state index is 12.5. The first-order chi connectivity index (χ1) is 7.18. The Morgan fingerprint density at radius 1 is 1.06 bits per heavy atom. The summed E-state index contributed by atoms with van der Waals surface area (Å²) in [5.74, 6) is 0. The molecule has 1 rings (SSSR count). The summed E-state index contributed by atoms with van der Waals surface area (Å²) in [7, 11) is 0. The number of pyridine rings is 1. The molecule has 90 valence electrons. The van der Waals surface area contributed by atoms with Crippen LogP contribution in [0.2, 0.25) is 0 Å². The number of rotatable bonds is 1. The second-order valence-corrected chi connectivity index (χ2v) is 3.38. The minimum atomic E-state index is -5.12. The van der Waals surface area contributed by atoms with E-state index in [1.165, 1.54) is 0 Å². The monoisotopic (exact) mass is 307 g/mol. The summed E-state index contributed by atoms with van der Waals surface area (Å²) >= 11 is 2.71. The van der Waals surface area contributed by atoms with Gasteiger partial charge in [-0.3, -0.25) is 4.98 Å². The van der Waals surface area contributed by atoms with E-state index < -0.39 is 29.2 Å². The number of halogens is 7. The Balaban J connectivity index is 3.51. The van der Waals surface area contributed by atoms with Crippen molar-refractivity contribution in [2.45, 2.75) is 17.7 Å². The zero-order valence-electron chi connectivity index (χ0n) is 7.45. The van der Waals surface area contributed by atoms with Crippen molar-refractivity contribution in [3.8, 4) is 0 Å². The van der Waals surface area contributed by atoms with Crippen LogP contribution in [0.1, 0.15) is 16.8 Å². The minimum Gasteiger partial charge on any atom is -0.251 e. The molecule has 0 aromatic carbocycles. The van der Waals surface area contributed by atoms with E-state index >= 15 is 0 Å². The highest BCUT2D eigenvalue weighted by atomic mass is 79.9. The Labute approximate surface area is 94.6 Å². The van der Waals surface area contributed by atoms with Crippen LogP contribution in [0.15, 0.2) is 12.3 Å². The molecular formula is C8H4BrF6N. The maximum Gasteiger partial charge on any atom is 0.433 e. The summed E-state index contributed by atoms with van der Waals surface area (Å²) in [6.07, 6.45) is -9.50. The van der Waals surface area contributed by atoms with Crippen LogP contribution in [-0.2, 0) is 17.7 Å². The number of hydrogen-bond acceptors (Lipinski definition) is 1. The van der Waals surface area contributed by atoms with Crippen LogP contribution < -0.4 is 0 Å². The lowest BCUT2D eigenvalue weighted by Crippen LogP contribution is -2.20. The molecule has 16 heavy (non-hydrogen) atoms. The van der Waals surface area contributed by atoms with Gasteiger partial charge in [0.05, 0.1) is 5.56 Å². The fraction of sp³-hybridized carbons (Fsp3) is 0.375. The van der Waals surface area contributed by atoms with Crippen molar-refractivity contribution in [3.63, 3.8) is 0 Å². The molecule has 0 spiro atoms. The lowest BCUT2D eigenvalue weighted by atomic mass is 10.1. The molecule has 0 aliphatic rings. The van der Waals surface area contributed by atoms with E-state index in [4.69, 9.17) is 0 Å². The molecule has 0 unspecified atom stereocenters. The molecule has 0 fully saturated rings. The Morgan fingerprint density at radius 2 is 1.62 bits per heavy atom. The zero-order chi connectivity index (χ0) is 12.6. The van der Waals surface area contributed by atoms with Crippen molar-refractivity contribution >= 4 is 15.9 Å². The normalized spacial score (nSPS) is 12.9. The number of hydrogen-bond donors (Lipinski definition) is 0. The number of nitrogens with zero attached hydrogens (tertiary/aromatic N) is 1. The summed E-state index contributed by atoms with van der Waals surface area (Å²) < 4.78 is 74.3. The third-order valence-electron chi connectivity index (χ3n) is 1.73. The molecule has 1 heterocycles. The lowest BCUT2D eigenvalue weighted by molar-refractivity contribution is -0.165. The molecule has 1 aromatic rings. The van der Waals surface area contributed by atoms with Crippen molar-refractivity contribution in [1.82, 2.24) is 4.98 Å². The molecule has 0 saturated heterocycles. The highest BCUT2D eigenvalue weighted by Crippen LogP contribution is 2.41. The van der Waals surface area contributed by atoms with Gasteiger partial charge >= 0.3 is 12.4 Å². The van der Waals surface area contributed by atoms with Gasteiger partial charge in [-0.25, -0.2) is 0 Å². The van der Waals surface area contributed by atoms with Gasteiger partial charge in [0.2, 0.25) is 0 Å². The second-order valence-electron chi connectivity index (χ2n) is 2.82. The fourth-order valence-corrected chi connectivity index (χ4v) is 1.61. The fourth-order valence-electron chi connectivity index (χ4n) is 1.14. The molecule has 0 aliphatic carbocycles. The molecule has 0 saturated carbocycles. The van der Waals surface area contributed by atoms with Gasteiger partial charge in [-0.2, -0.15) is 26.3 Å². The first kappa shape index (κ1) is 13.3. The largest absolute Gasteiger partial charge is 0.433 e. The SMILES string of the molecule is FC(F)(F)c1nccc(CBr)c1C(F)(F)F. The van der Waals surface area contributed by atoms with Gasteiger partial charge in [-0.1, -0.05) is 15.9 Å². The van der Waals surface area contributed by atoms with Crippen molar-refractivity contribution in [2.24, 2.45) is 0 Å². The third-order valence-corrected chi connectivity index (χ3v) is 2.34. The predicted molar refractivity (Wildman–Crippen MR) is 46.9 cm³/mol. The molecule has 0 atom stereocenters. The van der Waals surface area contributed by atoms with Crippen LogP contribution in [0, 0.1) is 0 Å². The van der Waals surface area contributed by atoms with Gasteiger partial charge < -0.3 is 0 Å². The van der Waals surface area contributed by atoms with Crippen molar-refractivity contribution in [3.05, 3.63) is 29.1 Å². The molecule has 0 radical (unpaired) electrons. The maximum atomic E-state index is 12.5. The van der Waals surface area contributed by atoms with Gasteiger partial charge in [-0.05, 0) is 11.6 Å². The average molecular weight is 308 g/mol. The van der Waals surface area contributed by atoms with Crippen molar-refractivity contribution < 1.29 is 26.3 Å². The van der Waals surface area contributed by atoms with Crippen molar-refractivity contribution in [1.29, 1.82) is 0 Å². The van der Waals surface area contributed by atoms with E-state index in [-0.39, 0.29) is 5.33 Å². The van der Waals surface area contributed by atoms with Crippen molar-refractivity contribution in [2.75, 3.05) is 0 Å². The minimum absolute atomic E-state index is 0.326. The molecule has 8 heteroatoms. The summed E-state index contributed by atoms with van der Waals surface area (Å²) in [4.78, 5) is 2.76. The van der Waals surface area contributed by atoms with E-state index in [1.807, 2.05) is 0 Å². The number of alkyl halides is 7. The van der Waals surface area contributed by atoms with E-state index in [2.05, 4.69) is 20.9 Å². The molecule has 1 aromatic heterocycles. The Morgan fingerprint density at radius 3 is 2.00 bits per heavy atom. The smallest absolute Gasteiger partial charge is 0.251 e. The van der Waals surface area contributed by atoms with E-state index in [0.717, 1.165) is 6.07 Å². The molecule has 0 bridgehead atoms. The van der Waals surface area contributed by atoms with E-state index in [1.54, 1.807) is 0 Å². The third kappa shape index (κ3) is 2.66. The summed E-state index contributed by atoms with van der Waals surface area (Å²) in [6, 6.07) is 0.896. The molecule has 1 nitrogen and oxygen atoms in total. The van der Waals surface area contributed by atoms with Gasteiger partial charge in [0.25, 0.3) is 0 Å². The summed E-state index contributed by atoms with van der Waals surface area (Å²) in [5, 5.41) is -0.326. The first-order valence-electron chi connectivity index (χ1n) is 3.86. The Bertz CT molecular complexity index is 383. The van der Waals surface area contributed by atoms with Gasteiger partial charge in [0.1, 0.15) is 0 Å². The van der Waals surface area contributed by atoms with E-state index in [0.29, 0.717) is 6.20 Å². The standard InChI is InChI=1S/C8H4BrF6N/c9-3-4-1-2-16-6(8(13,14)15)5(4)7(10,11)12/h1-2H,3H2. The molecule has 0 amide bonds. The lowest BCUT2D eigenvalue weighted by Gasteiger charge is -2.16. The van der Waals surface area contributed by atoms with Crippen LogP contribution in [0.4, 0.5) is 26.3 Å². The van der Waals surface area contributed by atoms with Crippen LogP contribution in [0.3, 0.4) is 0 Å². The van der Waals surface area contributed by atoms with Crippen LogP contribution in [0.5, 0.6) is 0 Å². The molecular weight excluding hydrogens is 304 g/mol. The van der Waals surface area contributed by atoms with Gasteiger partial charge in [0, 0.05) is 11.5 Å².